The van der Waals surface area contributed by atoms with E-state index in [9.17, 15) is 9.90 Å². The third-order valence-corrected chi connectivity index (χ3v) is 4.63. The highest BCUT2D eigenvalue weighted by Gasteiger charge is 2.18. The summed E-state index contributed by atoms with van der Waals surface area (Å²) in [5.74, 6) is 0.443. The maximum absolute atomic E-state index is 12.7. The Morgan fingerprint density at radius 3 is 2.72 bits per heavy atom. The Morgan fingerprint density at radius 1 is 1.24 bits per heavy atom. The van der Waals surface area contributed by atoms with Crippen LogP contribution >= 0.6 is 0 Å². The van der Waals surface area contributed by atoms with Crippen LogP contribution in [0.15, 0.2) is 58.5 Å². The first-order valence-corrected chi connectivity index (χ1v) is 9.13. The molecule has 0 saturated carbocycles. The zero-order valence-corrected chi connectivity index (χ0v) is 16.4. The second kappa shape index (κ2) is 7.14. The molecular weight excluding hydrogens is 370 g/mol. The van der Waals surface area contributed by atoms with Crippen molar-refractivity contribution in [3.8, 4) is 11.3 Å². The molecule has 0 atom stereocenters. The van der Waals surface area contributed by atoms with Gasteiger partial charge < -0.3 is 19.4 Å². The van der Waals surface area contributed by atoms with Gasteiger partial charge in [-0.05, 0) is 38.1 Å². The standard InChI is InChI=1S/C21H21N5O3/c1-21(2,28)17-5-4-14(10-22-17)15-8-16-18(20(27)26(3)12-24-16)19(25-15)23-9-13-6-7-29-11-13/h4-8,10-12,28H,9H2,1-3H3,(H,23,25). The van der Waals surface area contributed by atoms with Gasteiger partial charge in [-0.3, -0.25) is 9.78 Å². The summed E-state index contributed by atoms with van der Waals surface area (Å²) >= 11 is 0. The predicted molar refractivity (Wildman–Crippen MR) is 109 cm³/mol. The van der Waals surface area contributed by atoms with Crippen molar-refractivity contribution in [2.75, 3.05) is 5.32 Å². The number of aromatic nitrogens is 4. The van der Waals surface area contributed by atoms with Gasteiger partial charge in [0.05, 0.1) is 35.8 Å². The fourth-order valence-electron chi connectivity index (χ4n) is 2.98. The molecule has 0 aliphatic carbocycles. The molecule has 0 aliphatic heterocycles. The van der Waals surface area contributed by atoms with Gasteiger partial charge in [-0.15, -0.1) is 0 Å². The van der Waals surface area contributed by atoms with E-state index in [0.717, 1.165) is 11.1 Å². The second-order valence-electron chi connectivity index (χ2n) is 7.39. The number of hydrogen-bond acceptors (Lipinski definition) is 7. The first-order valence-electron chi connectivity index (χ1n) is 9.13. The van der Waals surface area contributed by atoms with E-state index in [-0.39, 0.29) is 5.56 Å². The van der Waals surface area contributed by atoms with E-state index in [1.807, 2.05) is 12.1 Å². The van der Waals surface area contributed by atoms with Crippen LogP contribution in [0, 0.1) is 0 Å². The fourth-order valence-corrected chi connectivity index (χ4v) is 2.98. The summed E-state index contributed by atoms with van der Waals surface area (Å²) in [6.07, 6.45) is 6.37. The van der Waals surface area contributed by atoms with Crippen LogP contribution in [0.4, 0.5) is 5.82 Å². The van der Waals surface area contributed by atoms with Crippen LogP contribution in [0.25, 0.3) is 22.2 Å². The third-order valence-electron chi connectivity index (χ3n) is 4.63. The summed E-state index contributed by atoms with van der Waals surface area (Å²) in [5.41, 5.74) is 2.21. The molecule has 0 bridgehead atoms. The van der Waals surface area contributed by atoms with Gasteiger partial charge in [0, 0.05) is 30.9 Å². The molecule has 4 rings (SSSR count). The number of pyridine rings is 2. The topological polar surface area (TPSA) is 106 Å². The number of nitrogens with zero attached hydrogens (tertiary/aromatic N) is 4. The Labute approximate surface area is 166 Å². The maximum atomic E-state index is 12.7. The van der Waals surface area contributed by atoms with Gasteiger partial charge >= 0.3 is 0 Å². The Morgan fingerprint density at radius 2 is 2.07 bits per heavy atom. The van der Waals surface area contributed by atoms with Crippen molar-refractivity contribution >= 4 is 16.7 Å². The molecule has 29 heavy (non-hydrogen) atoms. The van der Waals surface area contributed by atoms with Crippen LogP contribution in [0.1, 0.15) is 25.1 Å². The summed E-state index contributed by atoms with van der Waals surface area (Å²) in [6.45, 7) is 3.82. The average Bonchev–Trinajstić information content (AvgIpc) is 3.22. The van der Waals surface area contributed by atoms with E-state index >= 15 is 0 Å². The van der Waals surface area contributed by atoms with Gasteiger partial charge in [-0.25, -0.2) is 9.97 Å². The molecule has 0 aliphatic rings. The van der Waals surface area contributed by atoms with E-state index in [1.165, 1.54) is 10.9 Å². The predicted octanol–water partition coefficient (Wildman–Crippen LogP) is 2.82. The zero-order valence-electron chi connectivity index (χ0n) is 16.4. The highest BCUT2D eigenvalue weighted by molar-refractivity contribution is 5.91. The molecule has 0 amide bonds. The lowest BCUT2D eigenvalue weighted by Gasteiger charge is -2.16. The summed E-state index contributed by atoms with van der Waals surface area (Å²) < 4.78 is 6.52. The van der Waals surface area contributed by atoms with Gasteiger partial charge in [0.2, 0.25) is 0 Å². The zero-order chi connectivity index (χ0) is 20.6. The number of fused-ring (bicyclic) bond motifs is 1. The van der Waals surface area contributed by atoms with Gasteiger partial charge in [0.15, 0.2) is 0 Å². The minimum atomic E-state index is -1.03. The van der Waals surface area contributed by atoms with E-state index in [1.54, 1.807) is 51.8 Å². The minimum Gasteiger partial charge on any atom is -0.472 e. The van der Waals surface area contributed by atoms with Gasteiger partial charge in [-0.2, -0.15) is 0 Å². The lowest BCUT2D eigenvalue weighted by atomic mass is 10.0. The highest BCUT2D eigenvalue weighted by atomic mass is 16.3. The molecule has 0 saturated heterocycles. The molecular formula is C21H21N5O3. The van der Waals surface area contributed by atoms with Gasteiger partial charge in [0.1, 0.15) is 16.8 Å². The first kappa shape index (κ1) is 18.8. The van der Waals surface area contributed by atoms with Crippen molar-refractivity contribution in [2.45, 2.75) is 26.0 Å². The van der Waals surface area contributed by atoms with Crippen LogP contribution in [-0.2, 0) is 19.2 Å². The molecule has 0 spiro atoms. The van der Waals surface area contributed by atoms with Crippen molar-refractivity contribution in [3.63, 3.8) is 0 Å². The molecule has 0 unspecified atom stereocenters. The van der Waals surface area contributed by atoms with Crippen LogP contribution in [0.2, 0.25) is 0 Å². The first-order chi connectivity index (χ1) is 13.8. The third kappa shape index (κ3) is 3.74. The number of aliphatic hydroxyl groups is 1. The second-order valence-corrected chi connectivity index (χ2v) is 7.39. The Hall–Kier alpha value is -3.52. The quantitative estimate of drug-likeness (QED) is 0.539. The molecule has 0 radical (unpaired) electrons. The van der Waals surface area contributed by atoms with E-state index in [2.05, 4.69) is 20.3 Å². The molecule has 4 heterocycles. The summed E-state index contributed by atoms with van der Waals surface area (Å²) in [6, 6.07) is 7.21. The lowest BCUT2D eigenvalue weighted by molar-refractivity contribution is 0.0739. The smallest absolute Gasteiger partial charge is 0.264 e. The van der Waals surface area contributed by atoms with E-state index < -0.39 is 5.60 Å². The SMILES string of the molecule is Cn1cnc2cc(-c3ccc(C(C)(C)O)nc3)nc(NCc3ccoc3)c2c1=O. The van der Waals surface area contributed by atoms with Crippen molar-refractivity contribution < 1.29 is 9.52 Å². The molecule has 8 nitrogen and oxygen atoms in total. The summed E-state index contributed by atoms with van der Waals surface area (Å²) in [7, 11) is 1.65. The van der Waals surface area contributed by atoms with Crippen molar-refractivity contribution in [1.29, 1.82) is 0 Å². The largest absolute Gasteiger partial charge is 0.472 e. The summed E-state index contributed by atoms with van der Waals surface area (Å²) in [5, 5.41) is 13.7. The van der Waals surface area contributed by atoms with Crippen LogP contribution < -0.4 is 10.9 Å². The number of anilines is 1. The lowest BCUT2D eigenvalue weighted by Crippen LogP contribution is -2.19. The monoisotopic (exact) mass is 391 g/mol. The summed E-state index contributed by atoms with van der Waals surface area (Å²) in [4.78, 5) is 26.1. The Bertz CT molecular complexity index is 1210. The number of rotatable bonds is 5. The Balaban J connectivity index is 1.81. The molecule has 2 N–H and O–H groups in total. The van der Waals surface area contributed by atoms with Crippen LogP contribution in [-0.4, -0.2) is 24.6 Å². The molecule has 4 aromatic heterocycles. The molecule has 8 heteroatoms. The highest BCUT2D eigenvalue weighted by Crippen LogP contribution is 2.26. The van der Waals surface area contributed by atoms with Crippen LogP contribution in [0.3, 0.4) is 0 Å². The van der Waals surface area contributed by atoms with E-state index in [0.29, 0.717) is 34.7 Å². The van der Waals surface area contributed by atoms with Gasteiger partial charge in [-0.1, -0.05) is 0 Å². The number of hydrogen-bond donors (Lipinski definition) is 2. The normalized spacial score (nSPS) is 11.7. The van der Waals surface area contributed by atoms with E-state index in [4.69, 9.17) is 4.42 Å². The number of aryl methyl sites for hydroxylation is 1. The average molecular weight is 391 g/mol. The molecule has 0 fully saturated rings. The molecule has 4 aromatic rings. The van der Waals surface area contributed by atoms with Crippen molar-refractivity contribution in [3.05, 3.63) is 70.9 Å². The number of nitrogens with one attached hydrogen (secondary N) is 1. The minimum absolute atomic E-state index is 0.181. The van der Waals surface area contributed by atoms with Crippen molar-refractivity contribution in [2.24, 2.45) is 7.05 Å². The Kier molecular flexibility index (Phi) is 4.63. The maximum Gasteiger partial charge on any atom is 0.264 e. The number of furan rings is 1. The fraction of sp³-hybridized carbons (Fsp3) is 0.238. The van der Waals surface area contributed by atoms with Crippen molar-refractivity contribution in [1.82, 2.24) is 19.5 Å². The molecule has 0 aromatic carbocycles. The van der Waals surface area contributed by atoms with Gasteiger partial charge in [0.25, 0.3) is 5.56 Å². The van der Waals surface area contributed by atoms with Crippen LogP contribution in [0.5, 0.6) is 0 Å². The molecule has 148 valence electrons.